The lowest BCUT2D eigenvalue weighted by Crippen LogP contribution is -2.79. The molecule has 0 aliphatic carbocycles. The van der Waals surface area contributed by atoms with Crippen molar-refractivity contribution in [1.82, 2.24) is 20.9 Å². The first-order chi connectivity index (χ1) is 19.5. The van der Waals surface area contributed by atoms with Crippen LogP contribution >= 0.6 is 0 Å². The van der Waals surface area contributed by atoms with E-state index in [1.54, 1.807) is 30.3 Å². The summed E-state index contributed by atoms with van der Waals surface area (Å²) in [4.78, 5) is 44.5. The maximum Gasteiger partial charge on any atom is 0.346 e. The van der Waals surface area contributed by atoms with E-state index in [0.717, 1.165) is 23.1 Å². The number of likely N-dealkylation sites (tertiary alicyclic amines) is 1. The summed E-state index contributed by atoms with van der Waals surface area (Å²) < 4.78 is 29.3. The average molecular weight is 570 g/mol. The molecule has 0 aromatic heterocycles. The van der Waals surface area contributed by atoms with Gasteiger partial charge in [-0.05, 0) is 17.7 Å². The van der Waals surface area contributed by atoms with E-state index in [9.17, 15) is 33.4 Å². The molecule has 2 aromatic carbocycles. The Morgan fingerprint density at radius 2 is 1.88 bits per heavy atom. The molecule has 214 valence electrons. The highest BCUT2D eigenvalue weighted by Gasteiger charge is 2.75. The summed E-state index contributed by atoms with van der Waals surface area (Å²) in [6.45, 7) is -0.521. The number of benzene rings is 2. The molecule has 2 saturated heterocycles. The van der Waals surface area contributed by atoms with E-state index in [1.165, 1.54) is 4.58 Å². The van der Waals surface area contributed by atoms with Crippen molar-refractivity contribution in [2.75, 3.05) is 13.1 Å². The molecule has 3 amide bonds. The molecule has 2 fully saturated rings. The molecule has 1 spiro atoms. The molecule has 15 heteroatoms. The van der Waals surface area contributed by atoms with Crippen LogP contribution in [0.25, 0.3) is 0 Å². The van der Waals surface area contributed by atoms with Crippen molar-refractivity contribution in [1.29, 1.82) is 0 Å². The van der Waals surface area contributed by atoms with Crippen LogP contribution in [0.3, 0.4) is 0 Å². The van der Waals surface area contributed by atoms with Crippen molar-refractivity contribution in [2.45, 2.75) is 41.9 Å². The van der Waals surface area contributed by atoms with Crippen LogP contribution in [0, 0.1) is 11.6 Å². The number of amides is 3. The number of aliphatic imine (C=N–C) groups is 1. The third kappa shape index (κ3) is 3.83. The van der Waals surface area contributed by atoms with Crippen LogP contribution in [0.5, 0.6) is 0 Å². The van der Waals surface area contributed by atoms with Crippen LogP contribution in [0.4, 0.5) is 8.78 Å². The van der Waals surface area contributed by atoms with E-state index in [-0.39, 0.29) is 31.4 Å². The fourth-order valence-electron chi connectivity index (χ4n) is 6.24. The minimum absolute atomic E-state index is 0.0327. The van der Waals surface area contributed by atoms with Crippen molar-refractivity contribution in [2.24, 2.45) is 16.5 Å². The first-order valence-corrected chi connectivity index (χ1v) is 12.8. The van der Waals surface area contributed by atoms with Crippen LogP contribution in [0.15, 0.2) is 53.5 Å². The summed E-state index contributed by atoms with van der Waals surface area (Å²) >= 11 is 0. The predicted octanol–water partition coefficient (Wildman–Crippen LogP) is -2.42. The maximum atomic E-state index is 14.3. The van der Waals surface area contributed by atoms with E-state index >= 15 is 0 Å². The molecule has 41 heavy (non-hydrogen) atoms. The highest BCUT2D eigenvalue weighted by molar-refractivity contribution is 6.06. The fraction of sp³-hybridized carbons (Fsp3) is 0.346. The van der Waals surface area contributed by atoms with Gasteiger partial charge in [0.2, 0.25) is 23.3 Å². The van der Waals surface area contributed by atoms with Gasteiger partial charge in [0, 0.05) is 6.42 Å². The molecule has 0 radical (unpaired) electrons. The Bertz CT molecular complexity index is 1530. The number of nitrogens with zero attached hydrogens (tertiary/aromatic N) is 3. The highest BCUT2D eigenvalue weighted by Crippen LogP contribution is 2.42. The van der Waals surface area contributed by atoms with Gasteiger partial charge in [-0.25, -0.2) is 18.3 Å². The first kappa shape index (κ1) is 26.6. The van der Waals surface area contributed by atoms with Crippen molar-refractivity contribution in [3.8, 4) is 0 Å². The van der Waals surface area contributed by atoms with Crippen LogP contribution in [-0.4, -0.2) is 92.0 Å². The molecule has 6 rings (SSSR count). The Hall–Kier alpha value is -4.63. The van der Waals surface area contributed by atoms with Crippen LogP contribution in [0.1, 0.15) is 28.3 Å². The summed E-state index contributed by atoms with van der Waals surface area (Å²) in [5, 5.41) is 31.2. The molecule has 2 unspecified atom stereocenters. The zero-order valence-corrected chi connectivity index (χ0v) is 21.4. The normalized spacial score (nSPS) is 30.0. The largest absolute Gasteiger partial charge is 0.370 e. The number of carbonyl (C=O) groups excluding carboxylic acids is 3. The Morgan fingerprint density at radius 3 is 2.61 bits per heavy atom. The van der Waals surface area contributed by atoms with E-state index < -0.39 is 70.4 Å². The topological polar surface area (TPSA) is 198 Å². The number of imide groups is 1. The third-order valence-electron chi connectivity index (χ3n) is 8.19. The first-order valence-electron chi connectivity index (χ1n) is 12.8. The van der Waals surface area contributed by atoms with Crippen LogP contribution in [0.2, 0.25) is 0 Å². The number of rotatable bonds is 5. The second kappa shape index (κ2) is 9.21. The minimum atomic E-state index is -2.84. The fourth-order valence-corrected chi connectivity index (χ4v) is 6.24. The number of guanidine groups is 2. The van der Waals surface area contributed by atoms with Gasteiger partial charge >= 0.3 is 5.96 Å². The average Bonchev–Trinajstić information content (AvgIpc) is 3.51. The van der Waals surface area contributed by atoms with E-state index in [1.807, 2.05) is 0 Å². The quantitative estimate of drug-likeness (QED) is 0.116. The van der Waals surface area contributed by atoms with E-state index in [0.29, 0.717) is 5.56 Å². The van der Waals surface area contributed by atoms with Crippen molar-refractivity contribution < 1.29 is 38.0 Å². The monoisotopic (exact) mass is 569 g/mol. The molecular weight excluding hydrogens is 542 g/mol. The lowest BCUT2D eigenvalue weighted by Gasteiger charge is -2.44. The van der Waals surface area contributed by atoms with Crippen LogP contribution < -0.4 is 27.4 Å². The van der Waals surface area contributed by atoms with E-state index in [4.69, 9.17) is 11.5 Å². The molecule has 4 aliphatic rings. The number of halogens is 2. The number of carbonyl (C=O) groups is 3. The molecule has 13 nitrogen and oxygen atoms in total. The highest BCUT2D eigenvalue weighted by atomic mass is 19.2. The number of hydrogen-bond donors (Lipinski definition) is 7. The second-order valence-electron chi connectivity index (χ2n) is 10.5. The molecule has 5 atom stereocenters. The van der Waals surface area contributed by atoms with Gasteiger partial charge < -0.3 is 26.6 Å². The minimum Gasteiger partial charge on any atom is -0.370 e. The zero-order chi connectivity index (χ0) is 29.3. The molecule has 4 aliphatic heterocycles. The van der Waals surface area contributed by atoms with Crippen molar-refractivity contribution in [3.05, 3.63) is 71.3 Å². The summed E-state index contributed by atoms with van der Waals surface area (Å²) in [6.07, 6.45) is -0.0327. The Kier molecular flexibility index (Phi) is 5.97. The second-order valence-corrected chi connectivity index (χ2v) is 10.5. The van der Waals surface area contributed by atoms with E-state index in [2.05, 4.69) is 20.9 Å². The predicted molar refractivity (Wildman–Crippen MR) is 138 cm³/mol. The number of nitrogens with two attached hydrogens (primary N) is 2. The van der Waals surface area contributed by atoms with Crippen molar-refractivity contribution in [3.63, 3.8) is 0 Å². The molecule has 0 bridgehead atoms. The van der Waals surface area contributed by atoms with Gasteiger partial charge in [0.15, 0.2) is 17.6 Å². The molecule has 0 saturated carbocycles. The van der Waals surface area contributed by atoms with Gasteiger partial charge in [-0.3, -0.25) is 30.3 Å². The SMILES string of the molecule is NC1=N[C@H]2[C@H](CN3C(=O)CC(c4ccccc4)C3=O)NC(N)=[N+]3CC(NC(=O)c4cccc(F)c4F)C(O)(O)[C@]23N1. The van der Waals surface area contributed by atoms with Gasteiger partial charge in [0.05, 0.1) is 24.6 Å². The lowest BCUT2D eigenvalue weighted by atomic mass is 9.85. The summed E-state index contributed by atoms with van der Waals surface area (Å²) in [6, 6.07) is 8.35. The number of aliphatic hydroxyl groups is 2. The molecular formula is C26H27F2N8O5+. The number of nitrogens with one attached hydrogen (secondary N) is 3. The Balaban J connectivity index is 1.29. The summed E-state index contributed by atoms with van der Waals surface area (Å²) in [7, 11) is 0. The molecule has 9 N–H and O–H groups in total. The Labute approximate surface area is 231 Å². The third-order valence-corrected chi connectivity index (χ3v) is 8.19. The zero-order valence-electron chi connectivity index (χ0n) is 21.4. The maximum absolute atomic E-state index is 14.3. The number of hydrogen-bond acceptors (Lipinski definition) is 10. The standard InChI is InChI=1S/C26H26F2N8O5/c27-15-8-4-7-13(19(15)28)21(38)32-17-11-36-24(30)31-16(20-25(36,26(17,40)41)34-23(29)33-20)10-35-18(37)9-14(22(35)39)12-5-2-1-3-6-12/h1-8,14,16-17,20,40-41H,9-11H2,(H6,29,30,31,32,33,34,38)/p+1/t14?,16-,17?,20-,25-/m0/s1. The Morgan fingerprint density at radius 1 is 1.15 bits per heavy atom. The van der Waals surface area contributed by atoms with Gasteiger partial charge in [-0.1, -0.05) is 36.4 Å². The van der Waals surface area contributed by atoms with Crippen LogP contribution in [-0.2, 0) is 9.59 Å². The summed E-state index contributed by atoms with van der Waals surface area (Å²) in [5.74, 6) is -8.35. The van der Waals surface area contributed by atoms with Gasteiger partial charge in [-0.2, -0.15) is 0 Å². The smallest absolute Gasteiger partial charge is 0.346 e. The molecule has 4 heterocycles. The van der Waals surface area contributed by atoms with Gasteiger partial charge in [0.1, 0.15) is 18.1 Å². The molecule has 2 aromatic rings. The van der Waals surface area contributed by atoms with Gasteiger partial charge in [0.25, 0.3) is 5.91 Å². The summed E-state index contributed by atoms with van der Waals surface area (Å²) in [5.41, 5.74) is 10.4. The van der Waals surface area contributed by atoms with Crippen molar-refractivity contribution >= 4 is 29.6 Å². The van der Waals surface area contributed by atoms with Gasteiger partial charge in [-0.15, -0.1) is 0 Å². The lowest BCUT2D eigenvalue weighted by molar-refractivity contribution is -0.623.